The van der Waals surface area contributed by atoms with Crippen molar-refractivity contribution in [2.75, 3.05) is 33.9 Å². The maximum absolute atomic E-state index is 5.50. The summed E-state index contributed by atoms with van der Waals surface area (Å²) in [4.78, 5) is 2.49. The highest BCUT2D eigenvalue weighted by molar-refractivity contribution is 4.91. The van der Waals surface area contributed by atoms with E-state index in [0.29, 0.717) is 12.1 Å². The van der Waals surface area contributed by atoms with E-state index in [-0.39, 0.29) is 12.2 Å². The van der Waals surface area contributed by atoms with Gasteiger partial charge in [-0.25, -0.2) is 0 Å². The van der Waals surface area contributed by atoms with E-state index in [2.05, 4.69) is 31.0 Å². The van der Waals surface area contributed by atoms with Crippen LogP contribution in [0.3, 0.4) is 0 Å². The minimum absolute atomic E-state index is 0.209. The van der Waals surface area contributed by atoms with E-state index in [1.54, 1.807) is 14.2 Å². The molecule has 0 radical (unpaired) electrons. The molecule has 0 aromatic heterocycles. The fourth-order valence-corrected chi connectivity index (χ4v) is 2.80. The van der Waals surface area contributed by atoms with E-state index >= 15 is 0 Å². The van der Waals surface area contributed by atoms with Crippen molar-refractivity contribution >= 4 is 0 Å². The molecular weight excluding hydrogens is 228 g/mol. The zero-order chi connectivity index (χ0) is 13.5. The summed E-state index contributed by atoms with van der Waals surface area (Å²) in [7, 11) is 3.55. The Balaban J connectivity index is 2.52. The van der Waals surface area contributed by atoms with Gasteiger partial charge in [0.15, 0.2) is 0 Å². The molecule has 108 valence electrons. The number of ether oxygens (including phenoxy) is 2. The Kier molecular flexibility index (Phi) is 7.15. The summed E-state index contributed by atoms with van der Waals surface area (Å²) in [5.41, 5.74) is 0. The van der Waals surface area contributed by atoms with Crippen LogP contribution in [0, 0.1) is 0 Å². The van der Waals surface area contributed by atoms with Gasteiger partial charge in [0.2, 0.25) is 0 Å². The summed E-state index contributed by atoms with van der Waals surface area (Å²) in [6, 6.07) is 1.08. The van der Waals surface area contributed by atoms with E-state index in [0.717, 1.165) is 26.1 Å². The van der Waals surface area contributed by atoms with Gasteiger partial charge in [0.25, 0.3) is 0 Å². The third kappa shape index (κ3) is 3.92. The minimum Gasteiger partial charge on any atom is -0.377 e. The minimum atomic E-state index is 0.209. The molecule has 4 atom stereocenters. The predicted molar refractivity (Wildman–Crippen MR) is 75.0 cm³/mol. The number of methoxy groups -OCH3 is 2. The van der Waals surface area contributed by atoms with Gasteiger partial charge < -0.3 is 14.8 Å². The van der Waals surface area contributed by atoms with Gasteiger partial charge >= 0.3 is 0 Å². The van der Waals surface area contributed by atoms with Crippen LogP contribution in [0.1, 0.15) is 33.6 Å². The van der Waals surface area contributed by atoms with Gasteiger partial charge in [-0.1, -0.05) is 13.8 Å². The molecule has 1 rings (SSSR count). The first-order valence-corrected chi connectivity index (χ1v) is 7.20. The molecule has 18 heavy (non-hydrogen) atoms. The molecule has 0 aromatic rings. The van der Waals surface area contributed by atoms with E-state index in [1.807, 2.05) is 0 Å². The molecule has 1 N–H and O–H groups in total. The van der Waals surface area contributed by atoms with Crippen LogP contribution >= 0.6 is 0 Å². The smallest absolute Gasteiger partial charge is 0.0971 e. The number of nitrogens with one attached hydrogen (secondary N) is 1. The first-order chi connectivity index (χ1) is 8.67. The Morgan fingerprint density at radius 1 is 1.17 bits per heavy atom. The monoisotopic (exact) mass is 258 g/mol. The fraction of sp³-hybridized carbons (Fsp3) is 1.00. The molecule has 1 fully saturated rings. The lowest BCUT2D eigenvalue weighted by Crippen LogP contribution is -2.48. The highest BCUT2D eigenvalue weighted by Crippen LogP contribution is 2.20. The molecule has 1 heterocycles. The summed E-state index contributed by atoms with van der Waals surface area (Å²) >= 11 is 0. The molecule has 1 aliphatic rings. The van der Waals surface area contributed by atoms with E-state index < -0.39 is 0 Å². The van der Waals surface area contributed by atoms with Crippen molar-refractivity contribution in [2.45, 2.75) is 57.9 Å². The van der Waals surface area contributed by atoms with Gasteiger partial charge in [-0.05, 0) is 26.3 Å². The quantitative estimate of drug-likeness (QED) is 0.715. The zero-order valence-corrected chi connectivity index (χ0v) is 12.6. The van der Waals surface area contributed by atoms with Crippen molar-refractivity contribution in [3.05, 3.63) is 0 Å². The highest BCUT2D eigenvalue weighted by atomic mass is 16.5. The second kappa shape index (κ2) is 8.10. The lowest BCUT2D eigenvalue weighted by atomic mass is 10.1. The molecule has 4 nitrogen and oxygen atoms in total. The Morgan fingerprint density at radius 2 is 1.72 bits per heavy atom. The summed E-state index contributed by atoms with van der Waals surface area (Å²) < 4.78 is 11.0. The summed E-state index contributed by atoms with van der Waals surface area (Å²) in [6.45, 7) is 9.81. The van der Waals surface area contributed by atoms with Crippen molar-refractivity contribution in [2.24, 2.45) is 0 Å². The first-order valence-electron chi connectivity index (χ1n) is 7.20. The number of rotatable bonds is 8. The summed E-state index contributed by atoms with van der Waals surface area (Å²) in [5, 5.41) is 3.64. The maximum Gasteiger partial charge on any atom is 0.0971 e. The average Bonchev–Trinajstić information content (AvgIpc) is 2.82. The van der Waals surface area contributed by atoms with Gasteiger partial charge in [0.1, 0.15) is 0 Å². The van der Waals surface area contributed by atoms with Crippen molar-refractivity contribution in [3.63, 3.8) is 0 Å². The van der Waals surface area contributed by atoms with E-state index in [9.17, 15) is 0 Å². The van der Waals surface area contributed by atoms with Gasteiger partial charge in [-0.2, -0.15) is 0 Å². The van der Waals surface area contributed by atoms with Gasteiger partial charge in [-0.15, -0.1) is 0 Å². The third-order valence-electron chi connectivity index (χ3n) is 4.10. The van der Waals surface area contributed by atoms with Crippen LogP contribution in [0.25, 0.3) is 0 Å². The summed E-state index contributed by atoms with van der Waals surface area (Å²) in [6.07, 6.45) is 2.76. The van der Waals surface area contributed by atoms with Crippen LogP contribution in [0.15, 0.2) is 0 Å². The third-order valence-corrected chi connectivity index (χ3v) is 4.10. The molecule has 0 bridgehead atoms. The summed E-state index contributed by atoms with van der Waals surface area (Å²) in [5.74, 6) is 0. The molecule has 4 unspecified atom stereocenters. The van der Waals surface area contributed by atoms with Crippen LogP contribution in [-0.4, -0.2) is 63.0 Å². The number of hydrogen-bond acceptors (Lipinski definition) is 4. The number of likely N-dealkylation sites (tertiary alicyclic amines) is 1. The van der Waals surface area contributed by atoms with Crippen LogP contribution in [0.4, 0.5) is 0 Å². The molecule has 1 aliphatic heterocycles. The molecule has 1 saturated heterocycles. The molecule has 0 spiro atoms. The molecule has 0 aromatic carbocycles. The molecule has 0 saturated carbocycles. The van der Waals surface area contributed by atoms with Crippen LogP contribution in [0.2, 0.25) is 0 Å². The standard InChI is InChI=1S/C14H30N2O2/c1-6-8-15-12(7-2)11(3)16-9-13(17-4)14(10-16)18-5/h11-15H,6-10H2,1-5H3. The van der Waals surface area contributed by atoms with Crippen LogP contribution in [-0.2, 0) is 9.47 Å². The second-order valence-corrected chi connectivity index (χ2v) is 5.21. The molecule has 4 heteroatoms. The predicted octanol–water partition coefficient (Wildman–Crippen LogP) is 1.50. The Bertz CT molecular complexity index is 214. The number of nitrogens with zero attached hydrogens (tertiary/aromatic N) is 1. The van der Waals surface area contributed by atoms with Crippen LogP contribution < -0.4 is 5.32 Å². The van der Waals surface area contributed by atoms with Crippen molar-refractivity contribution in [1.29, 1.82) is 0 Å². The Hall–Kier alpha value is -0.160. The van der Waals surface area contributed by atoms with Gasteiger partial charge in [0, 0.05) is 39.4 Å². The Morgan fingerprint density at radius 3 is 2.11 bits per heavy atom. The zero-order valence-electron chi connectivity index (χ0n) is 12.6. The van der Waals surface area contributed by atoms with Crippen molar-refractivity contribution in [3.8, 4) is 0 Å². The lowest BCUT2D eigenvalue weighted by molar-refractivity contribution is -0.00461. The molecular formula is C14H30N2O2. The SMILES string of the molecule is CCCNC(CC)C(C)N1CC(OC)C(OC)C1. The Labute approximate surface area is 112 Å². The van der Waals surface area contributed by atoms with E-state index in [4.69, 9.17) is 9.47 Å². The van der Waals surface area contributed by atoms with Gasteiger partial charge in [0.05, 0.1) is 12.2 Å². The maximum atomic E-state index is 5.50. The van der Waals surface area contributed by atoms with Crippen molar-refractivity contribution in [1.82, 2.24) is 10.2 Å². The van der Waals surface area contributed by atoms with Crippen molar-refractivity contribution < 1.29 is 9.47 Å². The fourth-order valence-electron chi connectivity index (χ4n) is 2.80. The van der Waals surface area contributed by atoms with Gasteiger partial charge in [-0.3, -0.25) is 4.90 Å². The molecule has 0 amide bonds. The average molecular weight is 258 g/mol. The normalized spacial score (nSPS) is 28.5. The highest BCUT2D eigenvalue weighted by Gasteiger charge is 2.36. The first kappa shape index (κ1) is 15.9. The second-order valence-electron chi connectivity index (χ2n) is 5.21. The number of hydrogen-bond donors (Lipinski definition) is 1. The molecule has 0 aliphatic carbocycles. The topological polar surface area (TPSA) is 33.7 Å². The van der Waals surface area contributed by atoms with Crippen LogP contribution in [0.5, 0.6) is 0 Å². The lowest BCUT2D eigenvalue weighted by Gasteiger charge is -2.32. The van der Waals surface area contributed by atoms with E-state index in [1.165, 1.54) is 6.42 Å². The largest absolute Gasteiger partial charge is 0.377 e.